The monoisotopic (exact) mass is 623 g/mol. The van der Waals surface area contributed by atoms with Crippen molar-refractivity contribution in [2.45, 2.75) is 51.6 Å². The molecule has 41 heavy (non-hydrogen) atoms. The molecule has 1 aliphatic heterocycles. The van der Waals surface area contributed by atoms with E-state index in [1.54, 1.807) is 17.5 Å². The quantitative estimate of drug-likeness (QED) is 0.352. The lowest BCUT2D eigenvalue weighted by Crippen LogP contribution is -2.66. The van der Waals surface area contributed by atoms with Gasteiger partial charge in [0.2, 0.25) is 0 Å². The molecule has 0 fully saturated rings. The summed E-state index contributed by atoms with van der Waals surface area (Å²) in [5.41, 5.74) is -1.59. The SMILES string of the molecule is CC(C)CCn1nc(-c2cccs2)c(O)c(C2=NS(=O)(=O)c3cc([N+](C(=O)[O-])(C(C)C)S(C)(=O)=O)ccc3N2)c1=O. The average molecular weight is 624 g/mol. The molecule has 2 aromatic heterocycles. The van der Waals surface area contributed by atoms with Gasteiger partial charge in [0, 0.05) is 18.7 Å². The molecule has 16 heteroatoms. The van der Waals surface area contributed by atoms with E-state index in [9.17, 15) is 36.6 Å². The van der Waals surface area contributed by atoms with Gasteiger partial charge in [0.15, 0.2) is 17.3 Å². The molecule has 1 amide bonds. The number of amidine groups is 1. The number of aryl methyl sites for hydroxylation is 1. The number of carbonyl (C=O) groups is 1. The maximum absolute atomic E-state index is 13.5. The fourth-order valence-electron chi connectivity index (χ4n) is 4.67. The van der Waals surface area contributed by atoms with Crippen LogP contribution in [0.25, 0.3) is 10.6 Å². The van der Waals surface area contributed by atoms with E-state index in [0.29, 0.717) is 17.6 Å². The molecule has 0 aliphatic carbocycles. The van der Waals surface area contributed by atoms with E-state index in [4.69, 9.17) is 0 Å². The summed E-state index contributed by atoms with van der Waals surface area (Å²) in [5, 5.41) is 32.2. The van der Waals surface area contributed by atoms with Crippen molar-refractivity contribution in [1.82, 2.24) is 13.7 Å². The molecule has 1 aromatic carbocycles. The predicted octanol–water partition coefficient (Wildman–Crippen LogP) is 2.30. The largest absolute Gasteiger partial charge is 0.505 e. The number of benzene rings is 1. The lowest BCUT2D eigenvalue weighted by molar-refractivity contribution is -0.259. The molecule has 0 bridgehead atoms. The minimum atomic E-state index is -4.63. The molecule has 3 aromatic rings. The molecule has 1 aliphatic rings. The lowest BCUT2D eigenvalue weighted by Gasteiger charge is -2.38. The van der Waals surface area contributed by atoms with Crippen LogP contribution in [0.4, 0.5) is 16.2 Å². The van der Waals surface area contributed by atoms with Crippen molar-refractivity contribution in [3.8, 4) is 16.3 Å². The summed E-state index contributed by atoms with van der Waals surface area (Å²) in [6.45, 7) is 6.83. The minimum Gasteiger partial charge on any atom is -0.505 e. The third-order valence-corrected chi connectivity index (χ3v) is 10.7. The Bertz CT molecular complexity index is 1830. The second kappa shape index (κ2) is 10.7. The van der Waals surface area contributed by atoms with E-state index in [-0.39, 0.29) is 29.5 Å². The molecule has 220 valence electrons. The number of nitrogens with one attached hydrogen (secondary N) is 1. The van der Waals surface area contributed by atoms with Crippen molar-refractivity contribution in [3.05, 3.63) is 51.6 Å². The Labute approximate surface area is 241 Å². The molecule has 0 saturated heterocycles. The number of hydrogen-bond acceptors (Lipinski definition) is 11. The summed E-state index contributed by atoms with van der Waals surface area (Å²) in [4.78, 5) is 25.7. The Morgan fingerprint density at radius 3 is 2.44 bits per heavy atom. The highest BCUT2D eigenvalue weighted by Crippen LogP contribution is 2.39. The van der Waals surface area contributed by atoms with Gasteiger partial charge in [-0.05, 0) is 43.7 Å². The second-order valence-corrected chi connectivity index (χ2v) is 14.8. The third kappa shape index (κ3) is 5.16. The first kappa shape index (κ1) is 30.4. The van der Waals surface area contributed by atoms with Crippen LogP contribution in [0.15, 0.2) is 49.8 Å². The maximum Gasteiger partial charge on any atom is 0.305 e. The number of aromatic nitrogens is 2. The van der Waals surface area contributed by atoms with Gasteiger partial charge in [-0.1, -0.05) is 19.9 Å². The number of rotatable bonds is 8. The number of carbonyl (C=O) groups excluding carboxylic acids is 1. The van der Waals surface area contributed by atoms with Crippen molar-refractivity contribution >= 4 is 54.7 Å². The number of quaternary nitrogens is 1. The smallest absolute Gasteiger partial charge is 0.305 e. The van der Waals surface area contributed by atoms with Gasteiger partial charge >= 0.3 is 10.0 Å². The normalized spacial score (nSPS) is 16.1. The first-order valence-corrected chi connectivity index (χ1v) is 16.6. The standard InChI is InChI=1S/C25H29N5O8S3/c1-14(2)10-11-29-24(32)20(22(31)21(27-29)18-7-6-12-39-18)23-26-17-9-8-16(13-19(17)41(37,38)28-23)30(15(3)4,25(33)34)40(5,35)36/h6-9,12-15H,10-11H2,1-5H3,(H2-,26,28,31,32,33,34). The van der Waals surface area contributed by atoms with Crippen molar-refractivity contribution < 1.29 is 31.8 Å². The maximum atomic E-state index is 13.5. The number of anilines is 1. The summed E-state index contributed by atoms with van der Waals surface area (Å²) in [6, 6.07) is 5.56. The van der Waals surface area contributed by atoms with Gasteiger partial charge in [0.05, 0.1) is 16.8 Å². The van der Waals surface area contributed by atoms with Crippen LogP contribution in [0.2, 0.25) is 0 Å². The molecular weight excluding hydrogens is 595 g/mol. The van der Waals surface area contributed by atoms with E-state index in [0.717, 1.165) is 16.8 Å². The number of carboxylic acid groups (broad SMARTS) is 1. The van der Waals surface area contributed by atoms with Crippen LogP contribution < -0.4 is 19.9 Å². The van der Waals surface area contributed by atoms with Gasteiger partial charge in [-0.15, -0.1) is 19.6 Å². The molecule has 0 radical (unpaired) electrons. The van der Waals surface area contributed by atoms with E-state index in [1.165, 1.54) is 31.3 Å². The first-order chi connectivity index (χ1) is 19.0. The van der Waals surface area contributed by atoms with Crippen LogP contribution in [0.1, 0.15) is 39.7 Å². The summed E-state index contributed by atoms with van der Waals surface area (Å²) in [5.74, 6) is -0.801. The van der Waals surface area contributed by atoms with Crippen molar-refractivity contribution in [2.24, 2.45) is 10.3 Å². The molecular formula is C25H29N5O8S3. The molecule has 1 atom stereocenters. The van der Waals surface area contributed by atoms with Gasteiger partial charge in [-0.25, -0.2) is 4.68 Å². The second-order valence-electron chi connectivity index (χ2n) is 10.2. The predicted molar refractivity (Wildman–Crippen MR) is 154 cm³/mol. The summed E-state index contributed by atoms with van der Waals surface area (Å²) in [6.07, 6.45) is -0.663. The van der Waals surface area contributed by atoms with Crippen LogP contribution in [0, 0.1) is 5.92 Å². The summed E-state index contributed by atoms with van der Waals surface area (Å²) >= 11 is 1.26. The van der Waals surface area contributed by atoms with Gasteiger partial charge in [-0.2, -0.15) is 21.9 Å². The van der Waals surface area contributed by atoms with E-state index < -0.39 is 63.7 Å². The fourth-order valence-corrected chi connectivity index (χ4v) is 8.06. The zero-order valence-corrected chi connectivity index (χ0v) is 25.3. The molecule has 1 unspecified atom stereocenters. The van der Waals surface area contributed by atoms with Gasteiger partial charge in [-0.3, -0.25) is 4.79 Å². The van der Waals surface area contributed by atoms with E-state index in [1.807, 2.05) is 13.8 Å². The number of hydrogen-bond donors (Lipinski definition) is 2. The number of amides is 1. The van der Waals surface area contributed by atoms with E-state index >= 15 is 0 Å². The van der Waals surface area contributed by atoms with Crippen molar-refractivity contribution in [3.63, 3.8) is 0 Å². The zero-order chi connectivity index (χ0) is 30.5. The van der Waals surface area contributed by atoms with E-state index in [2.05, 4.69) is 14.8 Å². The number of nitrogens with zero attached hydrogens (tertiary/aromatic N) is 4. The Morgan fingerprint density at radius 1 is 1.22 bits per heavy atom. The lowest BCUT2D eigenvalue weighted by atomic mass is 10.1. The first-order valence-electron chi connectivity index (χ1n) is 12.5. The Morgan fingerprint density at radius 2 is 1.90 bits per heavy atom. The number of sulfonamides is 2. The highest BCUT2D eigenvalue weighted by molar-refractivity contribution is 7.91. The zero-order valence-electron chi connectivity index (χ0n) is 22.9. The molecule has 13 nitrogen and oxygen atoms in total. The summed E-state index contributed by atoms with van der Waals surface area (Å²) in [7, 11) is -9.04. The van der Waals surface area contributed by atoms with Crippen molar-refractivity contribution in [1.29, 1.82) is 0 Å². The number of thiophene rings is 1. The average Bonchev–Trinajstić information content (AvgIpc) is 3.37. The summed E-state index contributed by atoms with van der Waals surface area (Å²) < 4.78 is 55.5. The molecule has 3 heterocycles. The minimum absolute atomic E-state index is 0.0718. The fraction of sp³-hybridized carbons (Fsp3) is 0.360. The molecule has 4 rings (SSSR count). The third-order valence-electron chi connectivity index (χ3n) is 6.65. The number of aromatic hydroxyl groups is 1. The molecule has 0 saturated carbocycles. The van der Waals surface area contributed by atoms with Crippen molar-refractivity contribution in [2.75, 3.05) is 11.6 Å². The van der Waals surface area contributed by atoms with Crippen LogP contribution in [0.5, 0.6) is 5.75 Å². The topological polar surface area (TPSA) is 188 Å². The van der Waals surface area contributed by atoms with Crippen LogP contribution >= 0.6 is 11.3 Å². The highest BCUT2D eigenvalue weighted by Gasteiger charge is 2.48. The van der Waals surface area contributed by atoms with Crippen LogP contribution in [0.3, 0.4) is 0 Å². The van der Waals surface area contributed by atoms with Gasteiger partial charge in [0.1, 0.15) is 22.2 Å². The van der Waals surface area contributed by atoms with Crippen LogP contribution in [-0.2, 0) is 26.6 Å². The Hall–Kier alpha value is -3.60. The highest BCUT2D eigenvalue weighted by atomic mass is 32.2. The van der Waals surface area contributed by atoms with Crippen LogP contribution in [-0.4, -0.2) is 55.9 Å². The molecule has 0 spiro atoms. The Kier molecular flexibility index (Phi) is 7.90. The van der Waals surface area contributed by atoms with Gasteiger partial charge in [0.25, 0.3) is 21.7 Å². The number of fused-ring (bicyclic) bond motifs is 1. The van der Waals surface area contributed by atoms with Gasteiger partial charge < -0.3 is 20.3 Å². The molecule has 2 N–H and O–H groups in total. The Balaban J connectivity index is 1.93.